The molecule has 5 rings (SSSR count). The van der Waals surface area contributed by atoms with Crippen LogP contribution in [0, 0.1) is 0 Å². The number of likely N-dealkylation sites (tertiary alicyclic amines) is 1. The molecule has 0 saturated carbocycles. The van der Waals surface area contributed by atoms with Crippen LogP contribution < -0.4 is 5.56 Å². The second-order valence-electron chi connectivity index (χ2n) is 8.90. The Labute approximate surface area is 200 Å². The number of amides is 1. The number of benzene rings is 1. The van der Waals surface area contributed by atoms with Gasteiger partial charge in [0.25, 0.3) is 5.56 Å². The highest BCUT2D eigenvalue weighted by molar-refractivity contribution is 7.13. The molecule has 1 saturated heterocycles. The van der Waals surface area contributed by atoms with Crippen LogP contribution in [-0.2, 0) is 11.3 Å². The summed E-state index contributed by atoms with van der Waals surface area (Å²) in [4.78, 5) is 32.1. The summed E-state index contributed by atoms with van der Waals surface area (Å²) in [6.45, 7) is 3.00. The van der Waals surface area contributed by atoms with Crippen molar-refractivity contribution >= 4 is 27.7 Å². The lowest BCUT2D eigenvalue weighted by Gasteiger charge is -2.38. The summed E-state index contributed by atoms with van der Waals surface area (Å²) in [6, 6.07) is 11.5. The van der Waals surface area contributed by atoms with E-state index in [0.29, 0.717) is 48.3 Å². The number of carbonyl (C=O) groups is 1. The van der Waals surface area contributed by atoms with Crippen LogP contribution in [0.3, 0.4) is 0 Å². The lowest BCUT2D eigenvalue weighted by Crippen LogP contribution is -2.49. The molecule has 10 heteroatoms. The summed E-state index contributed by atoms with van der Waals surface area (Å²) in [5, 5.41) is 15.4. The van der Waals surface area contributed by atoms with E-state index in [-0.39, 0.29) is 24.1 Å². The smallest absolute Gasteiger partial charge is 0.273 e. The number of piperidine rings is 1. The zero-order valence-corrected chi connectivity index (χ0v) is 19.7. The summed E-state index contributed by atoms with van der Waals surface area (Å²) in [6.07, 6.45) is 6.20. The van der Waals surface area contributed by atoms with Crippen molar-refractivity contribution in [2.75, 3.05) is 13.1 Å². The van der Waals surface area contributed by atoms with Gasteiger partial charge in [0.2, 0.25) is 5.91 Å². The van der Waals surface area contributed by atoms with Crippen LogP contribution >= 0.6 is 11.5 Å². The molecule has 4 aromatic rings. The van der Waals surface area contributed by atoms with Crippen molar-refractivity contribution in [3.8, 4) is 11.3 Å². The van der Waals surface area contributed by atoms with Gasteiger partial charge in [0.1, 0.15) is 15.9 Å². The average molecular weight is 479 g/mol. The third-order valence-corrected chi connectivity index (χ3v) is 7.28. The second kappa shape index (κ2) is 9.11. The molecule has 0 aliphatic carbocycles. The third kappa shape index (κ3) is 4.38. The zero-order valence-electron chi connectivity index (χ0n) is 18.9. The summed E-state index contributed by atoms with van der Waals surface area (Å²) in [5.74, 6) is 0.0448. The molecule has 0 unspecified atom stereocenters. The van der Waals surface area contributed by atoms with E-state index >= 15 is 0 Å². The molecule has 1 aliphatic heterocycles. The predicted molar refractivity (Wildman–Crippen MR) is 129 cm³/mol. The molecule has 3 aromatic heterocycles. The minimum Gasteiger partial charge on any atom is -0.388 e. The van der Waals surface area contributed by atoms with E-state index in [0.717, 1.165) is 17.1 Å². The molecule has 1 atom stereocenters. The number of carbonyl (C=O) groups excluding carboxylic acids is 1. The van der Waals surface area contributed by atoms with Gasteiger partial charge in [-0.2, -0.15) is 9.47 Å². The lowest BCUT2D eigenvalue weighted by atomic mass is 9.91. The first kappa shape index (κ1) is 22.4. The molecule has 1 N–H and O–H groups in total. The highest BCUT2D eigenvalue weighted by Gasteiger charge is 2.35. The Morgan fingerprint density at radius 2 is 1.97 bits per heavy atom. The van der Waals surface area contributed by atoms with Crippen molar-refractivity contribution in [2.24, 2.45) is 0 Å². The molecule has 1 amide bonds. The number of aromatic nitrogens is 5. The van der Waals surface area contributed by atoms with Crippen LogP contribution in [0.4, 0.5) is 0 Å². The maximum Gasteiger partial charge on any atom is 0.273 e. The van der Waals surface area contributed by atoms with Crippen molar-refractivity contribution in [2.45, 2.75) is 44.4 Å². The lowest BCUT2D eigenvalue weighted by molar-refractivity contribution is -0.136. The summed E-state index contributed by atoms with van der Waals surface area (Å²) < 4.78 is 8.17. The van der Waals surface area contributed by atoms with Crippen molar-refractivity contribution in [3.63, 3.8) is 0 Å². The first-order valence-electron chi connectivity index (χ1n) is 11.3. The van der Waals surface area contributed by atoms with E-state index in [1.807, 2.05) is 49.5 Å². The van der Waals surface area contributed by atoms with Crippen LogP contribution in [0.2, 0.25) is 0 Å². The van der Waals surface area contributed by atoms with Crippen LogP contribution in [0.15, 0.2) is 59.9 Å². The van der Waals surface area contributed by atoms with E-state index in [4.69, 9.17) is 0 Å². The third-order valence-electron chi connectivity index (χ3n) is 6.45. The Kier molecular flexibility index (Phi) is 6.01. The van der Waals surface area contributed by atoms with Crippen molar-refractivity contribution in [1.82, 2.24) is 28.6 Å². The van der Waals surface area contributed by atoms with Gasteiger partial charge < -0.3 is 10.0 Å². The van der Waals surface area contributed by atoms with Gasteiger partial charge in [0, 0.05) is 37.5 Å². The minimum absolute atomic E-state index is 0.0279. The predicted octanol–water partition coefficient (Wildman–Crippen LogP) is 2.72. The molecule has 9 nitrogen and oxygen atoms in total. The number of hydrogen-bond donors (Lipinski definition) is 1. The number of fused-ring (bicyclic) bond motifs is 1. The normalized spacial score (nSPS) is 16.6. The molecule has 1 fully saturated rings. The number of hydrogen-bond acceptors (Lipinski definition) is 7. The molecule has 4 heterocycles. The van der Waals surface area contributed by atoms with Crippen molar-refractivity contribution < 1.29 is 9.90 Å². The Morgan fingerprint density at radius 1 is 1.21 bits per heavy atom. The van der Waals surface area contributed by atoms with Gasteiger partial charge in [0.15, 0.2) is 0 Å². The van der Waals surface area contributed by atoms with Crippen LogP contribution in [0.5, 0.6) is 0 Å². The van der Waals surface area contributed by atoms with Crippen molar-refractivity contribution in [1.29, 1.82) is 0 Å². The average Bonchev–Trinajstić information content (AvgIpc) is 3.53. The zero-order chi connectivity index (χ0) is 23.7. The molecule has 0 radical (unpaired) electrons. The van der Waals surface area contributed by atoms with E-state index in [9.17, 15) is 14.7 Å². The Morgan fingerprint density at radius 3 is 2.68 bits per heavy atom. The van der Waals surface area contributed by atoms with E-state index < -0.39 is 5.60 Å². The first-order valence-corrected chi connectivity index (χ1v) is 12.1. The van der Waals surface area contributed by atoms with Gasteiger partial charge in [0.05, 0.1) is 24.5 Å². The van der Waals surface area contributed by atoms with E-state index in [1.165, 1.54) is 10.9 Å². The van der Waals surface area contributed by atoms with Gasteiger partial charge in [-0.1, -0.05) is 30.3 Å². The molecular formula is C24H26N6O3S. The van der Waals surface area contributed by atoms with Crippen LogP contribution in [0.1, 0.15) is 32.2 Å². The maximum atomic E-state index is 13.1. The largest absolute Gasteiger partial charge is 0.388 e. The van der Waals surface area contributed by atoms with Crippen LogP contribution in [-0.4, -0.2) is 58.3 Å². The SMILES string of the molecule is C[C@H](CC(=O)N1CCC(O)(Cn2cnc3c(-c4ccccc4)nsc3c2=O)CC1)n1cccn1. The fourth-order valence-corrected chi connectivity index (χ4v) is 5.22. The highest BCUT2D eigenvalue weighted by atomic mass is 32.1. The highest BCUT2D eigenvalue weighted by Crippen LogP contribution is 2.28. The molecule has 0 bridgehead atoms. The topological polar surface area (TPSA) is 106 Å². The molecule has 34 heavy (non-hydrogen) atoms. The number of rotatable bonds is 6. The number of nitrogens with zero attached hydrogens (tertiary/aromatic N) is 6. The van der Waals surface area contributed by atoms with Gasteiger partial charge in [-0.25, -0.2) is 4.98 Å². The molecule has 176 valence electrons. The molecular weight excluding hydrogens is 452 g/mol. The van der Waals surface area contributed by atoms with Crippen molar-refractivity contribution in [3.05, 3.63) is 65.5 Å². The maximum absolute atomic E-state index is 13.1. The molecule has 1 aliphatic rings. The van der Waals surface area contributed by atoms with Gasteiger partial charge >= 0.3 is 0 Å². The Bertz CT molecular complexity index is 1340. The number of aliphatic hydroxyl groups is 1. The summed E-state index contributed by atoms with van der Waals surface area (Å²) in [7, 11) is 0. The fourth-order valence-electron chi connectivity index (χ4n) is 4.42. The summed E-state index contributed by atoms with van der Waals surface area (Å²) >= 11 is 1.13. The van der Waals surface area contributed by atoms with Crippen LogP contribution in [0.25, 0.3) is 21.5 Å². The van der Waals surface area contributed by atoms with E-state index in [2.05, 4.69) is 14.5 Å². The first-order chi connectivity index (χ1) is 16.4. The molecule has 0 spiro atoms. The van der Waals surface area contributed by atoms with Gasteiger partial charge in [-0.15, -0.1) is 0 Å². The monoisotopic (exact) mass is 478 g/mol. The summed E-state index contributed by atoms with van der Waals surface area (Å²) in [5.41, 5.74) is 0.910. The second-order valence-corrected chi connectivity index (χ2v) is 9.67. The molecule has 1 aromatic carbocycles. The van der Waals surface area contributed by atoms with Gasteiger partial charge in [-0.3, -0.25) is 18.8 Å². The standard InChI is InChI=1S/C24H26N6O3S/c1-17(30-11-5-10-26-30)14-19(31)28-12-8-24(33,9-13-28)15-29-16-25-21-20(18-6-3-2-4-7-18)27-34-22(21)23(29)32/h2-7,10-11,16-17,33H,8-9,12-15H2,1H3/t17-/m1/s1. The Balaban J connectivity index is 1.26. The Hall–Kier alpha value is -3.37. The van der Waals surface area contributed by atoms with E-state index in [1.54, 1.807) is 15.8 Å². The van der Waals surface area contributed by atoms with Gasteiger partial charge in [-0.05, 0) is 37.4 Å². The quantitative estimate of drug-likeness (QED) is 0.457. The fraction of sp³-hybridized carbons (Fsp3) is 0.375. The minimum atomic E-state index is -1.07.